The molecule has 7 heteroatoms. The smallest absolute Gasteiger partial charge is 0.409 e. The lowest BCUT2D eigenvalue weighted by molar-refractivity contribution is -0.144. The number of hydrogen-bond acceptors (Lipinski definition) is 5. The SMILES string of the molecule is CCOC(=O)CC(NCc1ccccc1)[C@H]1COC(C)(C)N1C(=O)O. The van der Waals surface area contributed by atoms with Crippen molar-refractivity contribution >= 4 is 12.1 Å². The summed E-state index contributed by atoms with van der Waals surface area (Å²) in [5, 5.41) is 12.9. The molecule has 1 aromatic carbocycles. The lowest BCUT2D eigenvalue weighted by Gasteiger charge is -2.34. The van der Waals surface area contributed by atoms with E-state index in [-0.39, 0.29) is 19.0 Å². The molecule has 1 fully saturated rings. The summed E-state index contributed by atoms with van der Waals surface area (Å²) < 4.78 is 10.7. The molecule has 138 valence electrons. The lowest BCUT2D eigenvalue weighted by atomic mass is 10.0. The quantitative estimate of drug-likeness (QED) is 0.733. The predicted octanol–water partition coefficient (Wildman–Crippen LogP) is 2.21. The van der Waals surface area contributed by atoms with Gasteiger partial charge in [-0.1, -0.05) is 30.3 Å². The Morgan fingerprint density at radius 3 is 2.68 bits per heavy atom. The van der Waals surface area contributed by atoms with Crippen LogP contribution in [0.15, 0.2) is 30.3 Å². The summed E-state index contributed by atoms with van der Waals surface area (Å²) in [7, 11) is 0. The third kappa shape index (κ3) is 4.93. The molecule has 0 saturated carbocycles. The molecule has 2 N–H and O–H groups in total. The van der Waals surface area contributed by atoms with E-state index in [2.05, 4.69) is 5.32 Å². The van der Waals surface area contributed by atoms with E-state index in [1.165, 1.54) is 4.90 Å². The van der Waals surface area contributed by atoms with Crippen LogP contribution in [-0.2, 0) is 20.8 Å². The molecule has 1 aromatic rings. The van der Waals surface area contributed by atoms with Crippen molar-refractivity contribution < 1.29 is 24.2 Å². The summed E-state index contributed by atoms with van der Waals surface area (Å²) in [4.78, 5) is 25.0. The largest absolute Gasteiger partial charge is 0.466 e. The Labute approximate surface area is 147 Å². The van der Waals surface area contributed by atoms with Gasteiger partial charge < -0.3 is 19.9 Å². The molecular weight excluding hydrogens is 324 g/mol. The Bertz CT molecular complexity index is 590. The molecule has 0 spiro atoms. The van der Waals surface area contributed by atoms with E-state index < -0.39 is 23.9 Å². The van der Waals surface area contributed by atoms with Gasteiger partial charge in [0.1, 0.15) is 5.72 Å². The molecule has 1 amide bonds. The Hall–Kier alpha value is -2.12. The zero-order valence-corrected chi connectivity index (χ0v) is 14.9. The first-order valence-corrected chi connectivity index (χ1v) is 8.44. The van der Waals surface area contributed by atoms with Crippen molar-refractivity contribution in [1.29, 1.82) is 0 Å². The normalized spacial score (nSPS) is 20.3. The molecule has 0 radical (unpaired) electrons. The van der Waals surface area contributed by atoms with E-state index in [1.807, 2.05) is 30.3 Å². The third-order valence-corrected chi connectivity index (χ3v) is 4.29. The fraction of sp³-hybridized carbons (Fsp3) is 0.556. The molecule has 25 heavy (non-hydrogen) atoms. The predicted molar refractivity (Wildman–Crippen MR) is 92.0 cm³/mol. The van der Waals surface area contributed by atoms with Crippen LogP contribution in [0.1, 0.15) is 32.8 Å². The number of nitrogens with one attached hydrogen (secondary N) is 1. The zero-order chi connectivity index (χ0) is 18.4. The summed E-state index contributed by atoms with van der Waals surface area (Å²) in [6.45, 7) is 6.20. The van der Waals surface area contributed by atoms with Crippen LogP contribution in [0.3, 0.4) is 0 Å². The van der Waals surface area contributed by atoms with Gasteiger partial charge in [0.2, 0.25) is 0 Å². The summed E-state index contributed by atoms with van der Waals surface area (Å²) in [5.74, 6) is -0.358. The average molecular weight is 350 g/mol. The van der Waals surface area contributed by atoms with Crippen molar-refractivity contribution in [2.45, 2.75) is 51.5 Å². The van der Waals surface area contributed by atoms with E-state index in [4.69, 9.17) is 9.47 Å². The number of carbonyl (C=O) groups is 2. The van der Waals surface area contributed by atoms with Crippen molar-refractivity contribution in [2.75, 3.05) is 13.2 Å². The Morgan fingerprint density at radius 2 is 2.08 bits per heavy atom. The molecule has 0 bridgehead atoms. The summed E-state index contributed by atoms with van der Waals surface area (Å²) in [6.07, 6.45) is -0.989. The average Bonchev–Trinajstić information content (AvgIpc) is 2.88. The number of carbonyl (C=O) groups excluding carboxylic acids is 1. The lowest BCUT2D eigenvalue weighted by Crippen LogP contribution is -2.55. The van der Waals surface area contributed by atoms with E-state index in [0.29, 0.717) is 13.2 Å². The number of hydrogen-bond donors (Lipinski definition) is 2. The van der Waals surface area contributed by atoms with Crippen LogP contribution in [0.25, 0.3) is 0 Å². The van der Waals surface area contributed by atoms with Crippen LogP contribution in [-0.4, -0.2) is 53.1 Å². The van der Waals surface area contributed by atoms with Gasteiger partial charge in [-0.15, -0.1) is 0 Å². The molecule has 1 heterocycles. The molecule has 0 aromatic heterocycles. The maximum Gasteiger partial charge on any atom is 0.409 e. The fourth-order valence-electron chi connectivity index (χ4n) is 3.09. The molecular formula is C18H26N2O5. The standard InChI is InChI=1S/C18H26N2O5/c1-4-24-16(21)10-14(19-11-13-8-6-5-7-9-13)15-12-25-18(2,3)20(15)17(22)23/h5-9,14-15,19H,4,10-12H2,1-3H3,(H,22,23)/t14?,15-/m1/s1. The first kappa shape index (κ1) is 19.2. The number of ether oxygens (including phenoxy) is 2. The van der Waals surface area contributed by atoms with Gasteiger partial charge in [0.25, 0.3) is 0 Å². The highest BCUT2D eigenvalue weighted by molar-refractivity contribution is 5.71. The summed E-state index contributed by atoms with van der Waals surface area (Å²) in [5.41, 5.74) is 0.120. The van der Waals surface area contributed by atoms with Crippen molar-refractivity contribution in [3.8, 4) is 0 Å². The van der Waals surface area contributed by atoms with E-state index in [9.17, 15) is 14.7 Å². The number of benzene rings is 1. The minimum atomic E-state index is -1.07. The monoisotopic (exact) mass is 350 g/mol. The van der Waals surface area contributed by atoms with Gasteiger partial charge in [0.15, 0.2) is 0 Å². The number of esters is 1. The van der Waals surface area contributed by atoms with Crippen molar-refractivity contribution in [3.63, 3.8) is 0 Å². The number of nitrogens with zero attached hydrogens (tertiary/aromatic N) is 1. The number of amides is 1. The molecule has 1 aliphatic rings. The maximum absolute atomic E-state index is 12.0. The zero-order valence-electron chi connectivity index (χ0n) is 14.9. The van der Waals surface area contributed by atoms with E-state index in [0.717, 1.165) is 5.56 Å². The second-order valence-corrected chi connectivity index (χ2v) is 6.46. The topological polar surface area (TPSA) is 88.1 Å². The van der Waals surface area contributed by atoms with Gasteiger partial charge in [-0.3, -0.25) is 9.69 Å². The van der Waals surface area contributed by atoms with Crippen LogP contribution in [0.2, 0.25) is 0 Å². The summed E-state index contributed by atoms with van der Waals surface area (Å²) in [6, 6.07) is 8.86. The highest BCUT2D eigenvalue weighted by Crippen LogP contribution is 2.30. The second kappa shape index (κ2) is 8.31. The molecule has 1 aliphatic heterocycles. The minimum absolute atomic E-state index is 0.0779. The first-order valence-electron chi connectivity index (χ1n) is 8.44. The van der Waals surface area contributed by atoms with Gasteiger partial charge in [0, 0.05) is 12.6 Å². The molecule has 2 atom stereocenters. The highest BCUT2D eigenvalue weighted by Gasteiger charge is 2.47. The fourth-order valence-corrected chi connectivity index (χ4v) is 3.09. The highest BCUT2D eigenvalue weighted by atomic mass is 16.5. The third-order valence-electron chi connectivity index (χ3n) is 4.29. The molecule has 1 saturated heterocycles. The first-order chi connectivity index (χ1) is 11.8. The Kier molecular flexibility index (Phi) is 6.39. The van der Waals surface area contributed by atoms with E-state index >= 15 is 0 Å². The van der Waals surface area contributed by atoms with Crippen molar-refractivity contribution in [3.05, 3.63) is 35.9 Å². The van der Waals surface area contributed by atoms with Crippen LogP contribution >= 0.6 is 0 Å². The van der Waals surface area contributed by atoms with Gasteiger partial charge in [-0.25, -0.2) is 4.79 Å². The Balaban J connectivity index is 2.15. The second-order valence-electron chi connectivity index (χ2n) is 6.46. The molecule has 2 rings (SSSR count). The van der Waals surface area contributed by atoms with Crippen molar-refractivity contribution in [2.24, 2.45) is 0 Å². The number of carboxylic acid groups (broad SMARTS) is 1. The van der Waals surface area contributed by atoms with Crippen LogP contribution in [0.5, 0.6) is 0 Å². The molecule has 1 unspecified atom stereocenters. The van der Waals surface area contributed by atoms with Gasteiger partial charge in [-0.05, 0) is 26.3 Å². The van der Waals surface area contributed by atoms with E-state index in [1.54, 1.807) is 20.8 Å². The van der Waals surface area contributed by atoms with Gasteiger partial charge in [0.05, 0.1) is 25.7 Å². The maximum atomic E-state index is 12.0. The van der Waals surface area contributed by atoms with Crippen molar-refractivity contribution in [1.82, 2.24) is 10.2 Å². The minimum Gasteiger partial charge on any atom is -0.466 e. The van der Waals surface area contributed by atoms with Gasteiger partial charge >= 0.3 is 12.1 Å². The van der Waals surface area contributed by atoms with Gasteiger partial charge in [-0.2, -0.15) is 0 Å². The van der Waals surface area contributed by atoms with Crippen LogP contribution in [0.4, 0.5) is 4.79 Å². The van der Waals surface area contributed by atoms with Crippen LogP contribution < -0.4 is 5.32 Å². The summed E-state index contributed by atoms with van der Waals surface area (Å²) >= 11 is 0. The van der Waals surface area contributed by atoms with Crippen LogP contribution in [0, 0.1) is 0 Å². The number of rotatable bonds is 7. The molecule has 7 nitrogen and oxygen atoms in total. The Morgan fingerprint density at radius 1 is 1.40 bits per heavy atom. The molecule has 0 aliphatic carbocycles.